The molecule has 5 rings (SSSR count). The van der Waals surface area contributed by atoms with Gasteiger partial charge in [-0.25, -0.2) is 14.5 Å². The van der Waals surface area contributed by atoms with Crippen LogP contribution in [0.5, 0.6) is 11.5 Å². The van der Waals surface area contributed by atoms with Crippen LogP contribution in [0.25, 0.3) is 39.3 Å². The van der Waals surface area contributed by atoms with Crippen LogP contribution in [0, 0.1) is 0 Å². The van der Waals surface area contributed by atoms with E-state index in [1.807, 2.05) is 77.3 Å². The largest absolute Gasteiger partial charge is 0.497 e. The Labute approximate surface area is 167 Å². The van der Waals surface area contributed by atoms with Crippen LogP contribution >= 0.6 is 0 Å². The zero-order valence-corrected chi connectivity index (χ0v) is 16.0. The molecule has 0 spiro atoms. The highest BCUT2D eigenvalue weighted by Gasteiger charge is 2.16. The number of nitrogens with zero attached hydrogens (tertiary/aromatic N) is 4. The van der Waals surface area contributed by atoms with Crippen molar-refractivity contribution in [1.82, 2.24) is 19.6 Å². The Morgan fingerprint density at radius 3 is 1.97 bits per heavy atom. The second-order valence-electron chi connectivity index (χ2n) is 6.58. The standard InChI is InChI=1S/C23H18N4O2/c1-28-17-11-7-15(8-12-17)21-23-25-22(16-9-13-18(29-2)14-10-16)26-27(23)20-6-4-3-5-19(20)24-21/h3-14H,1-2H3. The summed E-state index contributed by atoms with van der Waals surface area (Å²) in [5.41, 5.74) is 5.12. The van der Waals surface area contributed by atoms with Crippen molar-refractivity contribution in [2.75, 3.05) is 14.2 Å². The van der Waals surface area contributed by atoms with Crippen LogP contribution in [0.2, 0.25) is 0 Å². The smallest absolute Gasteiger partial charge is 0.182 e. The molecule has 2 heterocycles. The van der Waals surface area contributed by atoms with Crippen molar-refractivity contribution < 1.29 is 9.47 Å². The molecule has 0 aliphatic heterocycles. The third-order valence-corrected chi connectivity index (χ3v) is 4.87. The van der Waals surface area contributed by atoms with Crippen molar-refractivity contribution in [2.45, 2.75) is 0 Å². The molecular formula is C23H18N4O2. The molecule has 2 aromatic heterocycles. The van der Waals surface area contributed by atoms with Gasteiger partial charge in [-0.15, -0.1) is 5.10 Å². The maximum Gasteiger partial charge on any atom is 0.182 e. The molecule has 0 saturated carbocycles. The SMILES string of the molecule is COc1ccc(-c2nc3c(-c4ccc(OC)cc4)nc4ccccc4n3n2)cc1. The molecule has 0 unspecified atom stereocenters. The summed E-state index contributed by atoms with van der Waals surface area (Å²) in [5.74, 6) is 2.23. The third kappa shape index (κ3) is 2.95. The summed E-state index contributed by atoms with van der Waals surface area (Å²) in [7, 11) is 3.30. The van der Waals surface area contributed by atoms with Crippen molar-refractivity contribution in [1.29, 1.82) is 0 Å². The molecule has 142 valence electrons. The molecule has 0 atom stereocenters. The maximum absolute atomic E-state index is 5.28. The Hall–Kier alpha value is -3.93. The van der Waals surface area contributed by atoms with Crippen LogP contribution in [-0.4, -0.2) is 33.8 Å². The normalized spacial score (nSPS) is 11.1. The van der Waals surface area contributed by atoms with E-state index in [9.17, 15) is 0 Å². The first-order chi connectivity index (χ1) is 14.3. The van der Waals surface area contributed by atoms with Crippen LogP contribution in [-0.2, 0) is 0 Å². The van der Waals surface area contributed by atoms with E-state index in [4.69, 9.17) is 24.5 Å². The molecule has 0 N–H and O–H groups in total. The number of rotatable bonds is 4. The van der Waals surface area contributed by atoms with Gasteiger partial charge in [0.1, 0.15) is 17.2 Å². The topological polar surface area (TPSA) is 61.5 Å². The molecule has 3 aromatic carbocycles. The van der Waals surface area contributed by atoms with Crippen molar-refractivity contribution >= 4 is 16.7 Å². The van der Waals surface area contributed by atoms with E-state index in [1.165, 1.54) is 0 Å². The van der Waals surface area contributed by atoms with Gasteiger partial charge in [-0.05, 0) is 60.7 Å². The number of hydrogen-bond acceptors (Lipinski definition) is 5. The van der Waals surface area contributed by atoms with Gasteiger partial charge in [0.15, 0.2) is 11.5 Å². The van der Waals surface area contributed by atoms with Crippen LogP contribution in [0.3, 0.4) is 0 Å². The summed E-state index contributed by atoms with van der Waals surface area (Å²) in [5, 5.41) is 4.79. The molecular weight excluding hydrogens is 364 g/mol. The number of para-hydroxylation sites is 2. The fourth-order valence-electron chi connectivity index (χ4n) is 3.35. The second kappa shape index (κ2) is 6.91. The fourth-order valence-corrected chi connectivity index (χ4v) is 3.35. The maximum atomic E-state index is 5.28. The second-order valence-corrected chi connectivity index (χ2v) is 6.58. The highest BCUT2D eigenvalue weighted by atomic mass is 16.5. The molecule has 5 aromatic rings. The monoisotopic (exact) mass is 382 g/mol. The summed E-state index contributed by atoms with van der Waals surface area (Å²) < 4.78 is 12.4. The molecule has 0 radical (unpaired) electrons. The Kier molecular flexibility index (Phi) is 4.09. The zero-order chi connectivity index (χ0) is 19.8. The van der Waals surface area contributed by atoms with E-state index < -0.39 is 0 Å². The Morgan fingerprint density at radius 2 is 1.31 bits per heavy atom. The molecule has 0 amide bonds. The third-order valence-electron chi connectivity index (χ3n) is 4.87. The fraction of sp³-hybridized carbons (Fsp3) is 0.0870. The number of ether oxygens (including phenoxy) is 2. The average molecular weight is 382 g/mol. The Balaban J connectivity index is 1.75. The molecule has 0 bridgehead atoms. The van der Waals surface area contributed by atoms with E-state index in [0.29, 0.717) is 11.5 Å². The van der Waals surface area contributed by atoms with E-state index in [2.05, 4.69) is 0 Å². The Bertz CT molecular complexity index is 1310. The summed E-state index contributed by atoms with van der Waals surface area (Å²) in [4.78, 5) is 9.70. The van der Waals surface area contributed by atoms with Gasteiger partial charge in [-0.2, -0.15) is 0 Å². The minimum absolute atomic E-state index is 0.639. The molecule has 29 heavy (non-hydrogen) atoms. The highest BCUT2D eigenvalue weighted by Crippen LogP contribution is 2.29. The van der Waals surface area contributed by atoms with Crippen LogP contribution in [0.1, 0.15) is 0 Å². The van der Waals surface area contributed by atoms with E-state index in [-0.39, 0.29) is 0 Å². The summed E-state index contributed by atoms with van der Waals surface area (Å²) in [6.07, 6.45) is 0. The van der Waals surface area contributed by atoms with E-state index in [1.54, 1.807) is 14.2 Å². The van der Waals surface area contributed by atoms with Crippen molar-refractivity contribution in [3.63, 3.8) is 0 Å². The minimum Gasteiger partial charge on any atom is -0.497 e. The van der Waals surface area contributed by atoms with Crippen molar-refractivity contribution in [2.24, 2.45) is 0 Å². The van der Waals surface area contributed by atoms with Gasteiger partial charge in [-0.3, -0.25) is 0 Å². The van der Waals surface area contributed by atoms with E-state index in [0.717, 1.165) is 39.4 Å². The first-order valence-corrected chi connectivity index (χ1v) is 9.21. The van der Waals surface area contributed by atoms with Gasteiger partial charge in [0.2, 0.25) is 0 Å². The zero-order valence-electron chi connectivity index (χ0n) is 16.0. The van der Waals surface area contributed by atoms with Crippen LogP contribution in [0.4, 0.5) is 0 Å². The van der Waals surface area contributed by atoms with Gasteiger partial charge in [0.05, 0.1) is 25.3 Å². The molecule has 0 aliphatic carbocycles. The lowest BCUT2D eigenvalue weighted by Crippen LogP contribution is -1.97. The van der Waals surface area contributed by atoms with Gasteiger partial charge >= 0.3 is 0 Å². The van der Waals surface area contributed by atoms with Crippen LogP contribution < -0.4 is 9.47 Å². The number of benzene rings is 3. The lowest BCUT2D eigenvalue weighted by molar-refractivity contribution is 0.415. The molecule has 6 nitrogen and oxygen atoms in total. The van der Waals surface area contributed by atoms with Gasteiger partial charge in [0.25, 0.3) is 0 Å². The molecule has 0 aliphatic rings. The molecule has 0 saturated heterocycles. The summed E-state index contributed by atoms with van der Waals surface area (Å²) in [6, 6.07) is 23.5. The van der Waals surface area contributed by atoms with Crippen molar-refractivity contribution in [3.05, 3.63) is 72.8 Å². The Morgan fingerprint density at radius 1 is 0.690 bits per heavy atom. The number of aromatic nitrogens is 4. The number of hydrogen-bond donors (Lipinski definition) is 0. The summed E-state index contributed by atoms with van der Waals surface area (Å²) in [6.45, 7) is 0. The van der Waals surface area contributed by atoms with Gasteiger partial charge in [0, 0.05) is 11.1 Å². The number of fused-ring (bicyclic) bond motifs is 3. The van der Waals surface area contributed by atoms with Gasteiger partial charge < -0.3 is 9.47 Å². The average Bonchev–Trinajstić information content (AvgIpc) is 3.24. The molecule has 0 fully saturated rings. The molecule has 6 heteroatoms. The predicted molar refractivity (Wildman–Crippen MR) is 112 cm³/mol. The predicted octanol–water partition coefficient (Wildman–Crippen LogP) is 4.63. The van der Waals surface area contributed by atoms with Gasteiger partial charge in [-0.1, -0.05) is 12.1 Å². The quantitative estimate of drug-likeness (QED) is 0.454. The van der Waals surface area contributed by atoms with Crippen LogP contribution in [0.15, 0.2) is 72.8 Å². The number of methoxy groups -OCH3 is 2. The first kappa shape index (κ1) is 17.2. The lowest BCUT2D eigenvalue weighted by Gasteiger charge is -2.07. The highest BCUT2D eigenvalue weighted by molar-refractivity contribution is 5.86. The lowest BCUT2D eigenvalue weighted by atomic mass is 10.1. The van der Waals surface area contributed by atoms with E-state index >= 15 is 0 Å². The summed E-state index contributed by atoms with van der Waals surface area (Å²) >= 11 is 0. The first-order valence-electron chi connectivity index (χ1n) is 9.21. The minimum atomic E-state index is 0.639. The van der Waals surface area contributed by atoms with Crippen molar-refractivity contribution in [3.8, 4) is 34.1 Å².